The maximum absolute atomic E-state index is 12.8. The quantitative estimate of drug-likeness (QED) is 0.317. The number of aromatic nitrogens is 3. The van der Waals surface area contributed by atoms with Crippen LogP contribution in [0.3, 0.4) is 0 Å². The number of nitro groups is 1. The molecule has 0 unspecified atom stereocenters. The number of nitro benzene ring substituents is 1. The van der Waals surface area contributed by atoms with Gasteiger partial charge in [0, 0.05) is 17.7 Å². The van der Waals surface area contributed by atoms with Crippen molar-refractivity contribution in [1.82, 2.24) is 14.6 Å². The Labute approximate surface area is 155 Å². The number of ether oxygens (including phenoxy) is 1. The molecule has 4 aromatic rings. The zero-order valence-electron chi connectivity index (χ0n) is 14.5. The first-order valence-corrected chi connectivity index (χ1v) is 8.12. The zero-order valence-corrected chi connectivity index (χ0v) is 14.5. The fourth-order valence-corrected chi connectivity index (χ4v) is 2.98. The number of H-pyrrole nitrogens is 2. The predicted molar refractivity (Wildman–Crippen MR) is 103 cm³/mol. The van der Waals surface area contributed by atoms with Gasteiger partial charge in [0.2, 0.25) is 0 Å². The van der Waals surface area contributed by atoms with Crippen molar-refractivity contribution in [3.05, 3.63) is 79.0 Å². The standard InChI is InChI=1S/C18H13N5O5/c1-28-13-7-3-6-12-14(13)15-16(20-12)17(24)22(18(25)21-15)19-9-10-4-2-5-11(8-10)23(26)27/h2-9,20H,1H3,(H,21,25)/b19-9+. The second kappa shape index (κ2) is 6.50. The Balaban J connectivity index is 1.88. The summed E-state index contributed by atoms with van der Waals surface area (Å²) in [5.41, 5.74) is -0.0333. The smallest absolute Gasteiger partial charge is 0.350 e. The number of nitrogens with zero attached hydrogens (tertiary/aromatic N) is 3. The van der Waals surface area contributed by atoms with Gasteiger partial charge in [0.15, 0.2) is 0 Å². The van der Waals surface area contributed by atoms with Crippen LogP contribution in [0, 0.1) is 10.1 Å². The lowest BCUT2D eigenvalue weighted by atomic mass is 10.2. The third-order valence-corrected chi connectivity index (χ3v) is 4.24. The van der Waals surface area contributed by atoms with Crippen molar-refractivity contribution in [3.8, 4) is 5.75 Å². The Morgan fingerprint density at radius 1 is 1.14 bits per heavy atom. The van der Waals surface area contributed by atoms with E-state index in [0.29, 0.717) is 32.4 Å². The summed E-state index contributed by atoms with van der Waals surface area (Å²) in [6.07, 6.45) is 1.21. The van der Waals surface area contributed by atoms with Crippen LogP contribution in [-0.2, 0) is 0 Å². The highest BCUT2D eigenvalue weighted by atomic mass is 16.6. The molecule has 0 bridgehead atoms. The zero-order chi connectivity index (χ0) is 19.8. The summed E-state index contributed by atoms with van der Waals surface area (Å²) in [6.45, 7) is 0. The number of hydrogen-bond donors (Lipinski definition) is 2. The number of methoxy groups -OCH3 is 1. The second-order valence-corrected chi connectivity index (χ2v) is 5.90. The lowest BCUT2D eigenvalue weighted by molar-refractivity contribution is -0.384. The number of rotatable bonds is 4. The Morgan fingerprint density at radius 3 is 2.68 bits per heavy atom. The summed E-state index contributed by atoms with van der Waals surface area (Å²) >= 11 is 0. The van der Waals surface area contributed by atoms with E-state index in [-0.39, 0.29) is 11.2 Å². The molecule has 10 nitrogen and oxygen atoms in total. The van der Waals surface area contributed by atoms with E-state index in [1.165, 1.54) is 31.5 Å². The molecule has 0 aliphatic carbocycles. The van der Waals surface area contributed by atoms with E-state index in [1.807, 2.05) is 0 Å². The lowest BCUT2D eigenvalue weighted by Crippen LogP contribution is -2.32. The van der Waals surface area contributed by atoms with E-state index < -0.39 is 16.2 Å². The molecule has 0 aliphatic heterocycles. The van der Waals surface area contributed by atoms with Gasteiger partial charge in [-0.2, -0.15) is 5.10 Å². The van der Waals surface area contributed by atoms with E-state index in [0.717, 1.165) is 0 Å². The Kier molecular flexibility index (Phi) is 4.00. The minimum atomic E-state index is -0.744. The van der Waals surface area contributed by atoms with Crippen molar-refractivity contribution < 1.29 is 9.66 Å². The van der Waals surface area contributed by atoms with Crippen LogP contribution in [-0.4, -0.2) is 32.9 Å². The van der Waals surface area contributed by atoms with Crippen LogP contribution in [0.2, 0.25) is 0 Å². The molecule has 2 aromatic carbocycles. The minimum absolute atomic E-state index is 0.122. The van der Waals surface area contributed by atoms with E-state index in [1.54, 1.807) is 24.3 Å². The lowest BCUT2D eigenvalue weighted by Gasteiger charge is -2.01. The highest BCUT2D eigenvalue weighted by Gasteiger charge is 2.15. The topological polar surface area (TPSA) is 135 Å². The van der Waals surface area contributed by atoms with Crippen LogP contribution in [0.1, 0.15) is 5.56 Å². The molecule has 0 radical (unpaired) electrons. The molecule has 10 heteroatoms. The van der Waals surface area contributed by atoms with Gasteiger partial charge in [-0.3, -0.25) is 14.9 Å². The normalized spacial score (nSPS) is 11.5. The SMILES string of the molecule is COc1cccc2[nH]c3c(=O)n(/N=C/c4cccc([N+](=O)[O-])c4)c(=O)[nH]c3c12. The van der Waals surface area contributed by atoms with Crippen LogP contribution >= 0.6 is 0 Å². The minimum Gasteiger partial charge on any atom is -0.496 e. The molecule has 4 rings (SSSR count). The van der Waals surface area contributed by atoms with E-state index in [2.05, 4.69) is 15.1 Å². The summed E-state index contributed by atoms with van der Waals surface area (Å²) in [6, 6.07) is 10.9. The van der Waals surface area contributed by atoms with E-state index in [4.69, 9.17) is 4.74 Å². The Morgan fingerprint density at radius 2 is 1.93 bits per heavy atom. The van der Waals surface area contributed by atoms with E-state index >= 15 is 0 Å². The van der Waals surface area contributed by atoms with Crippen LogP contribution in [0.15, 0.2) is 57.2 Å². The van der Waals surface area contributed by atoms with Gasteiger partial charge >= 0.3 is 11.2 Å². The fraction of sp³-hybridized carbons (Fsp3) is 0.0556. The summed E-state index contributed by atoms with van der Waals surface area (Å²) in [5, 5.41) is 15.3. The van der Waals surface area contributed by atoms with Crippen LogP contribution in [0.25, 0.3) is 21.9 Å². The van der Waals surface area contributed by atoms with Crippen molar-refractivity contribution >= 4 is 33.8 Å². The number of fused-ring (bicyclic) bond motifs is 3. The first kappa shape index (κ1) is 17.2. The Bertz CT molecular complexity index is 1380. The molecular weight excluding hydrogens is 366 g/mol. The van der Waals surface area contributed by atoms with Gasteiger partial charge in [0.1, 0.15) is 11.3 Å². The number of aromatic amines is 2. The first-order valence-electron chi connectivity index (χ1n) is 8.12. The first-order chi connectivity index (χ1) is 13.5. The number of non-ortho nitro benzene ring substituents is 1. The molecule has 0 saturated heterocycles. The number of hydrogen-bond acceptors (Lipinski definition) is 6. The number of benzene rings is 2. The van der Waals surface area contributed by atoms with Crippen molar-refractivity contribution in [3.63, 3.8) is 0 Å². The van der Waals surface area contributed by atoms with Crippen molar-refractivity contribution in [2.45, 2.75) is 0 Å². The van der Waals surface area contributed by atoms with Crippen molar-refractivity contribution in [2.24, 2.45) is 5.10 Å². The molecule has 2 N–H and O–H groups in total. The monoisotopic (exact) mass is 379 g/mol. The largest absolute Gasteiger partial charge is 0.496 e. The van der Waals surface area contributed by atoms with Crippen molar-refractivity contribution in [1.29, 1.82) is 0 Å². The van der Waals surface area contributed by atoms with Crippen molar-refractivity contribution in [2.75, 3.05) is 7.11 Å². The third kappa shape index (κ3) is 2.72. The molecule has 0 aliphatic rings. The van der Waals surface area contributed by atoms with Gasteiger partial charge in [-0.25, -0.2) is 4.79 Å². The summed E-state index contributed by atoms with van der Waals surface area (Å²) in [5.74, 6) is 0.511. The molecule has 0 fully saturated rings. The van der Waals surface area contributed by atoms with Crippen LogP contribution < -0.4 is 16.0 Å². The van der Waals surface area contributed by atoms with Gasteiger partial charge < -0.3 is 14.7 Å². The van der Waals surface area contributed by atoms with Crippen LogP contribution in [0.4, 0.5) is 5.69 Å². The summed E-state index contributed by atoms with van der Waals surface area (Å²) in [4.78, 5) is 41.1. The molecule has 0 saturated carbocycles. The van der Waals surface area contributed by atoms with Gasteiger partial charge in [0.05, 0.1) is 34.7 Å². The highest BCUT2D eigenvalue weighted by molar-refractivity contribution is 6.07. The van der Waals surface area contributed by atoms with Gasteiger partial charge in [-0.15, -0.1) is 4.68 Å². The maximum Gasteiger partial charge on any atom is 0.350 e. The fourth-order valence-electron chi connectivity index (χ4n) is 2.98. The highest BCUT2D eigenvalue weighted by Crippen LogP contribution is 2.29. The number of nitrogens with one attached hydrogen (secondary N) is 2. The third-order valence-electron chi connectivity index (χ3n) is 4.24. The molecule has 2 aromatic heterocycles. The molecule has 0 spiro atoms. The molecule has 0 amide bonds. The predicted octanol–water partition coefficient (Wildman–Crippen LogP) is 1.97. The molecular formula is C18H13N5O5. The maximum atomic E-state index is 12.8. The summed E-state index contributed by atoms with van der Waals surface area (Å²) < 4.78 is 5.96. The molecule has 28 heavy (non-hydrogen) atoms. The molecule has 2 heterocycles. The van der Waals surface area contributed by atoms with Gasteiger partial charge in [0.25, 0.3) is 5.69 Å². The second-order valence-electron chi connectivity index (χ2n) is 5.90. The van der Waals surface area contributed by atoms with Gasteiger partial charge in [-0.1, -0.05) is 18.2 Å². The average molecular weight is 379 g/mol. The molecule has 140 valence electrons. The molecule has 0 atom stereocenters. The van der Waals surface area contributed by atoms with Gasteiger partial charge in [-0.05, 0) is 12.1 Å². The Hall–Kier alpha value is -4.21. The summed E-state index contributed by atoms with van der Waals surface area (Å²) in [7, 11) is 1.50. The van der Waals surface area contributed by atoms with E-state index in [9.17, 15) is 19.7 Å². The van der Waals surface area contributed by atoms with Crippen LogP contribution in [0.5, 0.6) is 5.75 Å². The average Bonchev–Trinajstić information content (AvgIpc) is 3.07.